The van der Waals surface area contributed by atoms with Gasteiger partial charge in [-0.3, -0.25) is 9.48 Å². The van der Waals surface area contributed by atoms with Crippen molar-refractivity contribution in [2.24, 2.45) is 7.05 Å². The smallest absolute Gasteiger partial charge is 0.254 e. The van der Waals surface area contributed by atoms with Crippen molar-refractivity contribution in [1.29, 1.82) is 0 Å². The molecule has 192 valence electrons. The molecule has 0 saturated carbocycles. The lowest BCUT2D eigenvalue weighted by atomic mass is 10.0. The van der Waals surface area contributed by atoms with Gasteiger partial charge in [0.05, 0.1) is 5.69 Å². The van der Waals surface area contributed by atoms with E-state index in [2.05, 4.69) is 75.4 Å². The third kappa shape index (κ3) is 5.30. The zero-order valence-electron chi connectivity index (χ0n) is 21.0. The van der Waals surface area contributed by atoms with Crippen molar-refractivity contribution in [3.8, 4) is 11.4 Å². The molecular weight excluding hydrogens is 536 g/mol. The fourth-order valence-electron chi connectivity index (χ4n) is 5.05. The summed E-state index contributed by atoms with van der Waals surface area (Å²) in [6.45, 7) is 1.62. The Labute approximate surface area is 227 Å². The van der Waals surface area contributed by atoms with Crippen LogP contribution in [0.4, 0.5) is 5.82 Å². The molecule has 0 radical (unpaired) electrons. The van der Waals surface area contributed by atoms with Gasteiger partial charge in [-0.2, -0.15) is 5.10 Å². The molecule has 11 heteroatoms. The molecule has 4 atom stereocenters. The van der Waals surface area contributed by atoms with Crippen molar-refractivity contribution >= 4 is 64.8 Å². The predicted molar refractivity (Wildman–Crippen MR) is 166 cm³/mol. The van der Waals surface area contributed by atoms with Gasteiger partial charge in [-0.15, -0.1) is 47.2 Å². The van der Waals surface area contributed by atoms with Gasteiger partial charge in [0.1, 0.15) is 5.69 Å². The molecule has 5 rings (SSSR count). The second-order valence-electron chi connectivity index (χ2n) is 9.63. The van der Waals surface area contributed by atoms with Crippen LogP contribution in [0.5, 0.6) is 0 Å². The highest BCUT2D eigenvalue weighted by Gasteiger charge is 2.30. The molecule has 4 unspecified atom stereocenters. The Hall–Kier alpha value is -2.02. The maximum Gasteiger partial charge on any atom is 0.254 e. The summed E-state index contributed by atoms with van der Waals surface area (Å²) in [6, 6.07) is 16.4. The van der Waals surface area contributed by atoms with Crippen LogP contribution in [0, 0.1) is 0 Å². The van der Waals surface area contributed by atoms with Gasteiger partial charge < -0.3 is 9.80 Å². The average Bonchev–Trinajstić information content (AvgIpc) is 3.32. The number of aromatic nitrogens is 4. The highest BCUT2D eigenvalue weighted by Crippen LogP contribution is 2.46. The van der Waals surface area contributed by atoms with Crippen LogP contribution in [-0.2, 0) is 11.7 Å². The van der Waals surface area contributed by atoms with Crippen molar-refractivity contribution in [1.82, 2.24) is 24.9 Å². The van der Waals surface area contributed by atoms with Gasteiger partial charge in [0.2, 0.25) is 0 Å². The van der Waals surface area contributed by atoms with Gasteiger partial charge in [0.15, 0.2) is 5.82 Å². The zero-order chi connectivity index (χ0) is 26.3. The van der Waals surface area contributed by atoms with Gasteiger partial charge in [-0.25, -0.2) is 0 Å². The molecule has 0 N–H and O–H groups in total. The van der Waals surface area contributed by atoms with E-state index in [1.807, 2.05) is 54.0 Å². The molecule has 1 aliphatic rings. The Morgan fingerprint density at radius 3 is 2.38 bits per heavy atom. The first-order chi connectivity index (χ1) is 17.6. The SMILES string of the molecule is CN(C(=O)c1ccc(P)cc1C(P)(P)P)C1CCN(c2nnc(-c3ccnn3C)c3ccccc23)CC1. The molecule has 1 fully saturated rings. The lowest BCUT2D eigenvalue weighted by molar-refractivity contribution is 0.0708. The van der Waals surface area contributed by atoms with E-state index in [0.29, 0.717) is 0 Å². The Kier molecular flexibility index (Phi) is 7.63. The molecule has 37 heavy (non-hydrogen) atoms. The highest BCUT2D eigenvalue weighted by molar-refractivity contribution is 7.56. The molecule has 2 aromatic heterocycles. The number of carbonyl (C=O) groups is 1. The summed E-state index contributed by atoms with van der Waals surface area (Å²) in [5, 5.41) is 16.8. The third-order valence-electron chi connectivity index (χ3n) is 7.10. The molecule has 0 spiro atoms. The topological polar surface area (TPSA) is 67.2 Å². The maximum absolute atomic E-state index is 13.6. The number of aryl methyl sites for hydroxylation is 1. The van der Waals surface area contributed by atoms with Crippen LogP contribution in [0.2, 0.25) is 0 Å². The van der Waals surface area contributed by atoms with Gasteiger partial charge in [-0.05, 0) is 41.9 Å². The van der Waals surface area contributed by atoms with Crippen LogP contribution in [-0.4, -0.2) is 57.0 Å². The molecule has 4 aromatic rings. The predicted octanol–water partition coefficient (Wildman–Crippen LogP) is 4.01. The molecule has 0 aliphatic carbocycles. The van der Waals surface area contributed by atoms with E-state index in [-0.39, 0.29) is 16.6 Å². The van der Waals surface area contributed by atoms with Crippen molar-refractivity contribution in [2.45, 2.75) is 23.5 Å². The van der Waals surface area contributed by atoms with Crippen LogP contribution in [0.25, 0.3) is 22.2 Å². The number of carbonyl (C=O) groups excluding carboxylic acids is 1. The molecule has 2 aromatic carbocycles. The number of nitrogens with zero attached hydrogens (tertiary/aromatic N) is 6. The molecule has 0 bridgehead atoms. The number of fused-ring (bicyclic) bond motifs is 1. The summed E-state index contributed by atoms with van der Waals surface area (Å²) in [6.07, 6.45) is 3.51. The maximum atomic E-state index is 13.6. The summed E-state index contributed by atoms with van der Waals surface area (Å²) in [5.41, 5.74) is 3.48. The molecular formula is C26H32N6OP4. The Bertz CT molecular complexity index is 1460. The number of hydrogen-bond acceptors (Lipinski definition) is 5. The van der Waals surface area contributed by atoms with E-state index in [0.717, 1.165) is 70.3 Å². The number of piperidine rings is 1. The number of amides is 1. The van der Waals surface area contributed by atoms with E-state index >= 15 is 0 Å². The van der Waals surface area contributed by atoms with Gasteiger partial charge in [0, 0.05) is 60.4 Å². The lowest BCUT2D eigenvalue weighted by Crippen LogP contribution is -2.46. The van der Waals surface area contributed by atoms with Crippen molar-refractivity contribution in [3.63, 3.8) is 0 Å². The molecule has 7 nitrogen and oxygen atoms in total. The first-order valence-electron chi connectivity index (χ1n) is 12.2. The minimum atomic E-state index is -0.358. The summed E-state index contributed by atoms with van der Waals surface area (Å²) in [5.74, 6) is 0.951. The van der Waals surface area contributed by atoms with E-state index in [9.17, 15) is 4.79 Å². The highest BCUT2D eigenvalue weighted by atomic mass is 31.1. The van der Waals surface area contributed by atoms with Gasteiger partial charge in [-0.1, -0.05) is 30.3 Å². The van der Waals surface area contributed by atoms with E-state index < -0.39 is 0 Å². The first-order valence-corrected chi connectivity index (χ1v) is 14.5. The summed E-state index contributed by atoms with van der Waals surface area (Å²) in [7, 11) is 14.9. The second kappa shape index (κ2) is 10.6. The molecule has 1 amide bonds. The van der Waals surface area contributed by atoms with Crippen LogP contribution in [0.1, 0.15) is 28.8 Å². The Morgan fingerprint density at radius 1 is 1.03 bits per heavy atom. The number of rotatable bonds is 5. The van der Waals surface area contributed by atoms with Crippen LogP contribution in [0.3, 0.4) is 0 Å². The average molecular weight is 568 g/mol. The van der Waals surface area contributed by atoms with Crippen molar-refractivity contribution < 1.29 is 4.79 Å². The Morgan fingerprint density at radius 2 is 1.73 bits per heavy atom. The lowest BCUT2D eigenvalue weighted by Gasteiger charge is -2.38. The monoisotopic (exact) mass is 568 g/mol. The number of hydrogen-bond donors (Lipinski definition) is 0. The molecule has 3 heterocycles. The van der Waals surface area contributed by atoms with Crippen LogP contribution < -0.4 is 10.2 Å². The first kappa shape index (κ1) is 26.6. The second-order valence-corrected chi connectivity index (χ2v) is 15.2. The molecule has 1 saturated heterocycles. The largest absolute Gasteiger partial charge is 0.354 e. The van der Waals surface area contributed by atoms with Gasteiger partial charge >= 0.3 is 0 Å². The minimum Gasteiger partial charge on any atom is -0.354 e. The van der Waals surface area contributed by atoms with Crippen molar-refractivity contribution in [3.05, 3.63) is 65.9 Å². The number of benzene rings is 2. The van der Waals surface area contributed by atoms with Crippen LogP contribution in [0.15, 0.2) is 54.7 Å². The number of anilines is 1. The summed E-state index contributed by atoms with van der Waals surface area (Å²) in [4.78, 5) is 17.8. The standard InChI is InChI=1S/C26H32N6OP4/c1-30(25(33)20-8-7-17(34)15-21(20)26(35,36)37)16-10-13-32(14-11-16)24-19-6-4-3-5-18(19)23(28-29-24)22-9-12-27-31(22)2/h3-9,12,15-16H,10-11,13-14,34-37H2,1-2H3. The van der Waals surface area contributed by atoms with E-state index in [4.69, 9.17) is 0 Å². The third-order valence-corrected chi connectivity index (χ3v) is 8.40. The minimum absolute atomic E-state index is 0.0564. The summed E-state index contributed by atoms with van der Waals surface area (Å²) >= 11 is 0. The van der Waals surface area contributed by atoms with E-state index in [1.165, 1.54) is 0 Å². The molecule has 1 aliphatic heterocycles. The van der Waals surface area contributed by atoms with Crippen molar-refractivity contribution in [2.75, 3.05) is 25.0 Å². The van der Waals surface area contributed by atoms with Gasteiger partial charge in [0.25, 0.3) is 5.91 Å². The fourth-order valence-corrected chi connectivity index (χ4v) is 6.03. The van der Waals surface area contributed by atoms with Crippen LogP contribution >= 0.6 is 37.0 Å². The quantitative estimate of drug-likeness (QED) is 0.341. The normalized spacial score (nSPS) is 14.8. The fraction of sp³-hybridized carbons (Fsp3) is 0.308. The van der Waals surface area contributed by atoms with E-state index in [1.54, 1.807) is 6.20 Å². The Balaban J connectivity index is 1.36. The zero-order valence-corrected chi connectivity index (χ0v) is 25.6. The summed E-state index contributed by atoms with van der Waals surface area (Å²) < 4.78 is 1.46.